The number of fused-ring (bicyclic) bond motifs is 1. The van der Waals surface area contributed by atoms with Crippen molar-refractivity contribution in [1.82, 2.24) is 9.88 Å². The van der Waals surface area contributed by atoms with Crippen molar-refractivity contribution in [2.24, 2.45) is 0 Å². The number of aromatic nitrogens is 1. The Morgan fingerprint density at radius 1 is 1.04 bits per heavy atom. The number of carbonyl (C=O) groups excluding carboxylic acids is 1. The third kappa shape index (κ3) is 3.59. The molecule has 1 aromatic heterocycles. The number of pyridine rings is 1. The van der Waals surface area contributed by atoms with Gasteiger partial charge in [0.1, 0.15) is 5.56 Å². The first-order valence-electron chi connectivity index (χ1n) is 9.75. The molecule has 1 atom stereocenters. The molecule has 3 rings (SSSR count). The van der Waals surface area contributed by atoms with Crippen molar-refractivity contribution < 1.29 is 4.79 Å². The molecule has 0 bridgehead atoms. The van der Waals surface area contributed by atoms with E-state index in [0.717, 1.165) is 22.2 Å². The molecular formula is C24H28N2O2. The van der Waals surface area contributed by atoms with E-state index in [1.807, 2.05) is 50.5 Å². The number of aryl methyl sites for hydroxylation is 5. The fourth-order valence-corrected chi connectivity index (χ4v) is 3.74. The molecule has 4 nitrogen and oxygen atoms in total. The monoisotopic (exact) mass is 376 g/mol. The summed E-state index contributed by atoms with van der Waals surface area (Å²) in [5.74, 6) is -0.333. The predicted octanol–water partition coefficient (Wildman–Crippen LogP) is 4.75. The van der Waals surface area contributed by atoms with E-state index in [1.54, 1.807) is 6.20 Å². The van der Waals surface area contributed by atoms with Gasteiger partial charge in [0.2, 0.25) is 5.43 Å². The molecule has 1 N–H and O–H groups in total. The minimum Gasteiger partial charge on any atom is -0.347 e. The van der Waals surface area contributed by atoms with Gasteiger partial charge in [0.15, 0.2) is 0 Å². The van der Waals surface area contributed by atoms with Crippen LogP contribution < -0.4 is 10.7 Å². The highest BCUT2D eigenvalue weighted by Crippen LogP contribution is 2.22. The van der Waals surface area contributed by atoms with Gasteiger partial charge in [0.25, 0.3) is 5.91 Å². The zero-order valence-corrected chi connectivity index (χ0v) is 17.5. The summed E-state index contributed by atoms with van der Waals surface area (Å²) in [5, 5.41) is 3.61. The Balaban J connectivity index is 2.01. The van der Waals surface area contributed by atoms with Gasteiger partial charge in [0.05, 0.1) is 11.6 Å². The van der Waals surface area contributed by atoms with Gasteiger partial charge in [-0.2, -0.15) is 0 Å². The van der Waals surface area contributed by atoms with Gasteiger partial charge in [-0.25, -0.2) is 0 Å². The highest BCUT2D eigenvalue weighted by atomic mass is 16.2. The standard InChI is InChI=1S/C24H28N2O2/c1-7-26-13-21(23(27)20-10-14(2)8-9-22(20)26)24(28)25-18(6)19-12-16(4)15(3)11-17(19)5/h8-13,18H,7H2,1-6H3,(H,25,28)/t18-/m0/s1. The van der Waals surface area contributed by atoms with Crippen LogP contribution in [0.5, 0.6) is 0 Å². The molecule has 0 radical (unpaired) electrons. The van der Waals surface area contributed by atoms with Crippen LogP contribution >= 0.6 is 0 Å². The Hall–Kier alpha value is -2.88. The van der Waals surface area contributed by atoms with Gasteiger partial charge in [-0.05, 0) is 75.9 Å². The lowest BCUT2D eigenvalue weighted by Crippen LogP contribution is -2.32. The first-order valence-corrected chi connectivity index (χ1v) is 9.75. The van der Waals surface area contributed by atoms with Crippen LogP contribution in [0.1, 0.15) is 58.1 Å². The third-order valence-corrected chi connectivity index (χ3v) is 5.52. The molecular weight excluding hydrogens is 348 g/mol. The summed E-state index contributed by atoms with van der Waals surface area (Å²) in [6.07, 6.45) is 1.68. The summed E-state index contributed by atoms with van der Waals surface area (Å²) in [7, 11) is 0. The van der Waals surface area contributed by atoms with E-state index in [1.165, 1.54) is 11.1 Å². The quantitative estimate of drug-likeness (QED) is 0.715. The van der Waals surface area contributed by atoms with E-state index in [2.05, 4.69) is 31.3 Å². The lowest BCUT2D eigenvalue weighted by molar-refractivity contribution is 0.0938. The first kappa shape index (κ1) is 19.9. The van der Waals surface area contributed by atoms with E-state index in [4.69, 9.17) is 0 Å². The van der Waals surface area contributed by atoms with Gasteiger partial charge >= 0.3 is 0 Å². The fourth-order valence-electron chi connectivity index (χ4n) is 3.74. The van der Waals surface area contributed by atoms with Gasteiger partial charge in [-0.1, -0.05) is 23.8 Å². The number of carbonyl (C=O) groups is 1. The van der Waals surface area contributed by atoms with Crippen LogP contribution in [0.25, 0.3) is 10.9 Å². The smallest absolute Gasteiger partial charge is 0.257 e. The molecule has 0 unspecified atom stereocenters. The molecule has 0 aliphatic rings. The van der Waals surface area contributed by atoms with Crippen LogP contribution in [0, 0.1) is 27.7 Å². The van der Waals surface area contributed by atoms with E-state index in [9.17, 15) is 9.59 Å². The summed E-state index contributed by atoms with van der Waals surface area (Å²) in [6, 6.07) is 9.85. The molecule has 0 saturated carbocycles. The van der Waals surface area contributed by atoms with E-state index < -0.39 is 0 Å². The van der Waals surface area contributed by atoms with E-state index in [-0.39, 0.29) is 22.9 Å². The summed E-state index contributed by atoms with van der Waals surface area (Å²) in [4.78, 5) is 26.0. The zero-order valence-electron chi connectivity index (χ0n) is 17.5. The van der Waals surface area contributed by atoms with E-state index in [0.29, 0.717) is 11.9 Å². The lowest BCUT2D eigenvalue weighted by atomic mass is 9.96. The summed E-state index contributed by atoms with van der Waals surface area (Å²) in [6.45, 7) is 12.8. The number of hydrogen-bond acceptors (Lipinski definition) is 2. The highest BCUT2D eigenvalue weighted by Gasteiger charge is 2.19. The number of hydrogen-bond donors (Lipinski definition) is 1. The first-order chi connectivity index (χ1) is 13.2. The molecule has 3 aromatic rings. The van der Waals surface area contributed by atoms with Crippen molar-refractivity contribution in [1.29, 1.82) is 0 Å². The number of amides is 1. The van der Waals surface area contributed by atoms with Crippen LogP contribution in [0.2, 0.25) is 0 Å². The normalized spacial score (nSPS) is 12.2. The maximum atomic E-state index is 13.0. The Bertz CT molecular complexity index is 1130. The molecule has 0 aliphatic carbocycles. The molecule has 146 valence electrons. The zero-order chi connectivity index (χ0) is 20.6. The Kier molecular flexibility index (Phi) is 5.41. The molecule has 2 aromatic carbocycles. The van der Waals surface area contributed by atoms with Gasteiger partial charge in [-0.15, -0.1) is 0 Å². The fraction of sp³-hybridized carbons (Fsp3) is 0.333. The second kappa shape index (κ2) is 7.63. The lowest BCUT2D eigenvalue weighted by Gasteiger charge is -2.19. The molecule has 1 heterocycles. The maximum Gasteiger partial charge on any atom is 0.257 e. The van der Waals surface area contributed by atoms with Crippen LogP contribution in [-0.4, -0.2) is 10.5 Å². The third-order valence-electron chi connectivity index (χ3n) is 5.52. The highest BCUT2D eigenvalue weighted by molar-refractivity contribution is 5.97. The Labute approximate surface area is 166 Å². The van der Waals surface area contributed by atoms with E-state index >= 15 is 0 Å². The van der Waals surface area contributed by atoms with Crippen molar-refractivity contribution in [3.05, 3.63) is 80.1 Å². The average molecular weight is 377 g/mol. The number of rotatable bonds is 4. The summed E-state index contributed by atoms with van der Waals surface area (Å²) < 4.78 is 1.96. The van der Waals surface area contributed by atoms with Crippen LogP contribution in [0.3, 0.4) is 0 Å². The molecule has 28 heavy (non-hydrogen) atoms. The molecule has 0 fully saturated rings. The SMILES string of the molecule is CCn1cc(C(=O)N[C@@H](C)c2cc(C)c(C)cc2C)c(=O)c2cc(C)ccc21. The molecule has 4 heteroatoms. The Morgan fingerprint density at radius 2 is 1.71 bits per heavy atom. The summed E-state index contributed by atoms with van der Waals surface area (Å²) in [5.41, 5.74) is 6.46. The molecule has 0 aliphatic heterocycles. The largest absolute Gasteiger partial charge is 0.347 e. The summed E-state index contributed by atoms with van der Waals surface area (Å²) >= 11 is 0. The second-order valence-electron chi connectivity index (χ2n) is 7.67. The van der Waals surface area contributed by atoms with Gasteiger partial charge in [0, 0.05) is 18.1 Å². The molecule has 1 amide bonds. The minimum absolute atomic E-state index is 0.186. The molecule has 0 spiro atoms. The van der Waals surface area contributed by atoms with Crippen LogP contribution in [0.4, 0.5) is 0 Å². The van der Waals surface area contributed by atoms with Crippen LogP contribution in [0.15, 0.2) is 41.3 Å². The van der Waals surface area contributed by atoms with Crippen molar-refractivity contribution in [2.45, 2.75) is 54.1 Å². The number of nitrogens with zero attached hydrogens (tertiary/aromatic N) is 1. The number of nitrogens with one attached hydrogen (secondary N) is 1. The van der Waals surface area contributed by atoms with Gasteiger partial charge in [-0.3, -0.25) is 9.59 Å². The van der Waals surface area contributed by atoms with Crippen LogP contribution in [-0.2, 0) is 6.54 Å². The Morgan fingerprint density at radius 3 is 2.39 bits per heavy atom. The second-order valence-corrected chi connectivity index (χ2v) is 7.67. The molecule has 0 saturated heterocycles. The average Bonchev–Trinajstić information content (AvgIpc) is 2.65. The number of benzene rings is 2. The minimum atomic E-state index is -0.333. The van der Waals surface area contributed by atoms with Crippen molar-refractivity contribution in [2.75, 3.05) is 0 Å². The predicted molar refractivity (Wildman–Crippen MR) is 115 cm³/mol. The van der Waals surface area contributed by atoms with Crippen molar-refractivity contribution in [3.8, 4) is 0 Å². The topological polar surface area (TPSA) is 51.1 Å². The van der Waals surface area contributed by atoms with Gasteiger partial charge < -0.3 is 9.88 Å². The van der Waals surface area contributed by atoms with Crippen molar-refractivity contribution in [3.63, 3.8) is 0 Å². The maximum absolute atomic E-state index is 13.0. The van der Waals surface area contributed by atoms with Crippen molar-refractivity contribution >= 4 is 16.8 Å².